The molecule has 0 aliphatic heterocycles. The Hall–Kier alpha value is -2.09. The Morgan fingerprint density at radius 3 is 2.77 bits per heavy atom. The Labute approximate surface area is 163 Å². The van der Waals surface area contributed by atoms with Crippen LogP contribution in [0.3, 0.4) is 0 Å². The molecular formula is C18H14ClFN2O2S2. The maximum Gasteiger partial charge on any atom is 0.236 e. The summed E-state index contributed by atoms with van der Waals surface area (Å²) in [5.41, 5.74) is 1.56. The molecule has 1 amide bonds. The molecule has 8 heteroatoms. The molecule has 0 aliphatic rings. The maximum atomic E-state index is 12.9. The smallest absolute Gasteiger partial charge is 0.236 e. The highest BCUT2D eigenvalue weighted by atomic mass is 35.5. The fourth-order valence-electron chi connectivity index (χ4n) is 2.12. The molecule has 0 saturated heterocycles. The first-order valence-electron chi connectivity index (χ1n) is 7.53. The van der Waals surface area contributed by atoms with E-state index in [1.807, 2.05) is 11.4 Å². The summed E-state index contributed by atoms with van der Waals surface area (Å²) in [6.07, 6.45) is 0. The standard InChI is InChI=1S/C18H14ClFN2O2S2/c1-24-16-7-2-11(8-14(16)19)15-9-26-18(21-15)22-17(23)10-25-13-5-3-12(20)4-6-13/h2-9H,10H2,1H3,(H,21,22,23). The second kappa shape index (κ2) is 8.53. The molecule has 0 saturated carbocycles. The Bertz CT molecular complexity index is 916. The summed E-state index contributed by atoms with van der Waals surface area (Å²) in [7, 11) is 1.56. The quantitative estimate of drug-likeness (QED) is 0.559. The van der Waals surface area contributed by atoms with Crippen molar-refractivity contribution in [1.29, 1.82) is 0 Å². The average molecular weight is 409 g/mol. The number of rotatable bonds is 6. The van der Waals surface area contributed by atoms with Crippen LogP contribution in [-0.4, -0.2) is 23.8 Å². The number of thiazole rings is 1. The van der Waals surface area contributed by atoms with E-state index in [2.05, 4.69) is 10.3 Å². The second-order valence-corrected chi connectivity index (χ2v) is 7.49. The van der Waals surface area contributed by atoms with Gasteiger partial charge in [-0.3, -0.25) is 4.79 Å². The van der Waals surface area contributed by atoms with Gasteiger partial charge in [-0.1, -0.05) is 11.6 Å². The molecule has 1 N–H and O–H groups in total. The molecule has 4 nitrogen and oxygen atoms in total. The number of ether oxygens (including phenoxy) is 1. The minimum atomic E-state index is -0.298. The van der Waals surface area contributed by atoms with Gasteiger partial charge in [-0.05, 0) is 42.5 Å². The molecule has 0 unspecified atom stereocenters. The van der Waals surface area contributed by atoms with Crippen LogP contribution in [0.15, 0.2) is 52.7 Å². The number of amides is 1. The van der Waals surface area contributed by atoms with Crippen molar-refractivity contribution in [2.24, 2.45) is 0 Å². The number of methoxy groups -OCH3 is 1. The van der Waals surface area contributed by atoms with E-state index < -0.39 is 0 Å². The van der Waals surface area contributed by atoms with E-state index in [4.69, 9.17) is 16.3 Å². The summed E-state index contributed by atoms with van der Waals surface area (Å²) < 4.78 is 18.0. The van der Waals surface area contributed by atoms with E-state index in [9.17, 15) is 9.18 Å². The molecule has 26 heavy (non-hydrogen) atoms. The van der Waals surface area contributed by atoms with Crippen molar-refractivity contribution < 1.29 is 13.9 Å². The summed E-state index contributed by atoms with van der Waals surface area (Å²) in [6, 6.07) is 11.4. The number of thioether (sulfide) groups is 1. The van der Waals surface area contributed by atoms with Crippen LogP contribution in [0.2, 0.25) is 5.02 Å². The Morgan fingerprint density at radius 2 is 2.08 bits per heavy atom. The first-order valence-corrected chi connectivity index (χ1v) is 9.77. The van der Waals surface area contributed by atoms with Crippen LogP contribution in [0.4, 0.5) is 9.52 Å². The maximum absolute atomic E-state index is 12.9. The first kappa shape index (κ1) is 18.7. The number of benzene rings is 2. The van der Waals surface area contributed by atoms with Crippen molar-refractivity contribution in [2.75, 3.05) is 18.2 Å². The predicted octanol–water partition coefficient (Wildman–Crippen LogP) is 5.34. The third-order valence-corrected chi connectivity index (χ3v) is 5.45. The van der Waals surface area contributed by atoms with Crippen molar-refractivity contribution in [3.63, 3.8) is 0 Å². The fraction of sp³-hybridized carbons (Fsp3) is 0.111. The lowest BCUT2D eigenvalue weighted by atomic mass is 10.2. The third kappa shape index (κ3) is 4.75. The second-order valence-electron chi connectivity index (χ2n) is 5.18. The molecule has 1 heterocycles. The molecule has 0 radical (unpaired) electrons. The number of nitrogens with zero attached hydrogens (tertiary/aromatic N) is 1. The van der Waals surface area contributed by atoms with Crippen LogP contribution in [0.25, 0.3) is 11.3 Å². The summed E-state index contributed by atoms with van der Waals surface area (Å²) >= 11 is 8.80. The van der Waals surface area contributed by atoms with Crippen LogP contribution in [0.1, 0.15) is 0 Å². The molecule has 1 aromatic heterocycles. The Balaban J connectivity index is 1.60. The van der Waals surface area contributed by atoms with Crippen LogP contribution < -0.4 is 10.1 Å². The number of anilines is 1. The first-order chi connectivity index (χ1) is 12.5. The van der Waals surface area contributed by atoms with Gasteiger partial charge in [0.25, 0.3) is 0 Å². The normalized spacial score (nSPS) is 10.6. The van der Waals surface area contributed by atoms with Gasteiger partial charge in [0.15, 0.2) is 5.13 Å². The fourth-order valence-corrected chi connectivity index (χ4v) is 3.82. The zero-order chi connectivity index (χ0) is 18.5. The molecule has 0 atom stereocenters. The lowest BCUT2D eigenvalue weighted by molar-refractivity contribution is -0.113. The van der Waals surface area contributed by atoms with Gasteiger partial charge < -0.3 is 10.1 Å². The number of halogens is 2. The van der Waals surface area contributed by atoms with E-state index in [-0.39, 0.29) is 17.5 Å². The number of carbonyl (C=O) groups excluding carboxylic acids is 1. The number of aromatic nitrogens is 1. The molecule has 2 aromatic carbocycles. The molecule has 3 aromatic rings. The third-order valence-electron chi connectivity index (χ3n) is 3.38. The van der Waals surface area contributed by atoms with E-state index in [1.165, 1.54) is 35.2 Å². The van der Waals surface area contributed by atoms with Crippen LogP contribution >= 0.6 is 34.7 Å². The van der Waals surface area contributed by atoms with Gasteiger partial charge >= 0.3 is 0 Å². The lowest BCUT2D eigenvalue weighted by Gasteiger charge is -2.04. The van der Waals surface area contributed by atoms with Gasteiger partial charge in [0, 0.05) is 15.8 Å². The van der Waals surface area contributed by atoms with Crippen molar-refractivity contribution in [2.45, 2.75) is 4.90 Å². The van der Waals surface area contributed by atoms with E-state index >= 15 is 0 Å². The van der Waals surface area contributed by atoms with Gasteiger partial charge in [-0.2, -0.15) is 0 Å². The zero-order valence-electron chi connectivity index (χ0n) is 13.7. The van der Waals surface area contributed by atoms with Crippen LogP contribution in [0.5, 0.6) is 5.75 Å². The van der Waals surface area contributed by atoms with Crippen molar-refractivity contribution in [3.8, 4) is 17.0 Å². The zero-order valence-corrected chi connectivity index (χ0v) is 16.1. The number of nitrogens with one attached hydrogen (secondary N) is 1. The molecule has 0 aliphatic carbocycles. The highest BCUT2D eigenvalue weighted by Gasteiger charge is 2.10. The number of carbonyl (C=O) groups is 1. The van der Waals surface area contributed by atoms with E-state index in [0.29, 0.717) is 15.9 Å². The molecule has 0 bridgehead atoms. The van der Waals surface area contributed by atoms with Crippen molar-refractivity contribution >= 4 is 45.7 Å². The summed E-state index contributed by atoms with van der Waals surface area (Å²) in [5, 5.41) is 5.62. The summed E-state index contributed by atoms with van der Waals surface area (Å²) in [5.74, 6) is 0.340. The minimum absolute atomic E-state index is 0.173. The molecular weight excluding hydrogens is 395 g/mol. The molecule has 0 spiro atoms. The molecule has 3 rings (SSSR count). The van der Waals surface area contributed by atoms with Gasteiger partial charge in [0.2, 0.25) is 5.91 Å². The lowest BCUT2D eigenvalue weighted by Crippen LogP contribution is -2.13. The largest absolute Gasteiger partial charge is 0.495 e. The highest BCUT2D eigenvalue weighted by molar-refractivity contribution is 8.00. The number of hydrogen-bond acceptors (Lipinski definition) is 5. The SMILES string of the molecule is COc1ccc(-c2csc(NC(=O)CSc3ccc(F)cc3)n2)cc1Cl. The molecule has 134 valence electrons. The minimum Gasteiger partial charge on any atom is -0.495 e. The van der Waals surface area contributed by atoms with Crippen LogP contribution in [-0.2, 0) is 4.79 Å². The summed E-state index contributed by atoms with van der Waals surface area (Å²) in [6.45, 7) is 0. The van der Waals surface area contributed by atoms with E-state index in [1.54, 1.807) is 31.4 Å². The Kier molecular flexibility index (Phi) is 6.13. The van der Waals surface area contributed by atoms with E-state index in [0.717, 1.165) is 16.2 Å². The van der Waals surface area contributed by atoms with Crippen molar-refractivity contribution in [3.05, 3.63) is 58.7 Å². The molecule has 0 fully saturated rings. The summed E-state index contributed by atoms with van der Waals surface area (Å²) in [4.78, 5) is 17.3. The van der Waals surface area contributed by atoms with Crippen LogP contribution in [0, 0.1) is 5.82 Å². The topological polar surface area (TPSA) is 51.2 Å². The van der Waals surface area contributed by atoms with Gasteiger partial charge in [0.1, 0.15) is 11.6 Å². The average Bonchev–Trinajstić information content (AvgIpc) is 3.09. The number of hydrogen-bond donors (Lipinski definition) is 1. The highest BCUT2D eigenvalue weighted by Crippen LogP contribution is 2.31. The monoisotopic (exact) mass is 408 g/mol. The van der Waals surface area contributed by atoms with Crippen molar-refractivity contribution in [1.82, 2.24) is 4.98 Å². The van der Waals surface area contributed by atoms with Gasteiger partial charge in [0.05, 0.1) is 23.6 Å². The Morgan fingerprint density at radius 1 is 1.31 bits per heavy atom. The van der Waals surface area contributed by atoms with Gasteiger partial charge in [-0.25, -0.2) is 9.37 Å². The predicted molar refractivity (Wildman–Crippen MR) is 105 cm³/mol. The van der Waals surface area contributed by atoms with Gasteiger partial charge in [-0.15, -0.1) is 23.1 Å².